The first-order valence-electron chi connectivity index (χ1n) is 5.92. The van der Waals surface area contributed by atoms with Crippen molar-refractivity contribution in [3.05, 3.63) is 36.0 Å². The van der Waals surface area contributed by atoms with Gasteiger partial charge in [-0.3, -0.25) is 0 Å². The molecule has 0 bridgehead atoms. The SMILES string of the molecule is COC(=O)C(O)c1cc2ccccc2n1C(C)C. The molecule has 0 fully saturated rings. The molecule has 18 heavy (non-hydrogen) atoms. The summed E-state index contributed by atoms with van der Waals surface area (Å²) in [4.78, 5) is 11.5. The number of aliphatic hydroxyl groups is 1. The Morgan fingerprint density at radius 3 is 2.61 bits per heavy atom. The predicted octanol–water partition coefficient (Wildman–Crippen LogP) is 2.43. The number of carbonyl (C=O) groups is 1. The second-order valence-electron chi connectivity index (χ2n) is 4.52. The number of para-hydroxylation sites is 1. The van der Waals surface area contributed by atoms with Crippen LogP contribution in [-0.4, -0.2) is 22.8 Å². The van der Waals surface area contributed by atoms with Crippen molar-refractivity contribution in [2.45, 2.75) is 26.0 Å². The number of carbonyl (C=O) groups excluding carboxylic acids is 1. The number of ether oxygens (including phenoxy) is 1. The van der Waals surface area contributed by atoms with Crippen LogP contribution < -0.4 is 0 Å². The van der Waals surface area contributed by atoms with E-state index in [2.05, 4.69) is 4.74 Å². The maximum Gasteiger partial charge on any atom is 0.340 e. The van der Waals surface area contributed by atoms with Gasteiger partial charge >= 0.3 is 5.97 Å². The first-order valence-corrected chi connectivity index (χ1v) is 5.92. The number of nitrogens with zero attached hydrogens (tertiary/aromatic N) is 1. The minimum atomic E-state index is -1.25. The first-order chi connectivity index (χ1) is 8.56. The Labute approximate surface area is 106 Å². The van der Waals surface area contributed by atoms with Gasteiger partial charge in [0, 0.05) is 11.6 Å². The molecule has 1 aromatic heterocycles. The highest BCUT2D eigenvalue weighted by atomic mass is 16.5. The summed E-state index contributed by atoms with van der Waals surface area (Å²) in [7, 11) is 1.27. The van der Waals surface area contributed by atoms with Gasteiger partial charge in [-0.05, 0) is 31.4 Å². The van der Waals surface area contributed by atoms with Gasteiger partial charge in [-0.25, -0.2) is 4.79 Å². The molecule has 4 heteroatoms. The smallest absolute Gasteiger partial charge is 0.340 e. The largest absolute Gasteiger partial charge is 0.467 e. The van der Waals surface area contributed by atoms with E-state index in [0.717, 1.165) is 10.9 Å². The summed E-state index contributed by atoms with van der Waals surface area (Å²) in [6.07, 6.45) is -1.25. The van der Waals surface area contributed by atoms with Crippen molar-refractivity contribution in [1.82, 2.24) is 4.57 Å². The molecule has 2 aromatic rings. The van der Waals surface area contributed by atoms with E-state index in [-0.39, 0.29) is 6.04 Å². The molecule has 1 atom stereocenters. The Hall–Kier alpha value is -1.81. The Balaban J connectivity index is 2.62. The molecule has 0 saturated heterocycles. The molecule has 1 aromatic carbocycles. The zero-order chi connectivity index (χ0) is 13.3. The van der Waals surface area contributed by atoms with Gasteiger partial charge in [0.05, 0.1) is 12.8 Å². The van der Waals surface area contributed by atoms with Gasteiger partial charge in [-0.1, -0.05) is 18.2 Å². The van der Waals surface area contributed by atoms with Crippen molar-refractivity contribution in [2.75, 3.05) is 7.11 Å². The Morgan fingerprint density at radius 1 is 1.33 bits per heavy atom. The van der Waals surface area contributed by atoms with E-state index in [0.29, 0.717) is 5.69 Å². The van der Waals surface area contributed by atoms with Gasteiger partial charge in [0.25, 0.3) is 0 Å². The third kappa shape index (κ3) is 1.99. The summed E-state index contributed by atoms with van der Waals surface area (Å²) in [6.45, 7) is 4.03. The average molecular weight is 247 g/mol. The predicted molar refractivity (Wildman–Crippen MR) is 69.3 cm³/mol. The van der Waals surface area contributed by atoms with E-state index in [1.165, 1.54) is 7.11 Å². The van der Waals surface area contributed by atoms with Crippen LogP contribution in [0.4, 0.5) is 0 Å². The van der Waals surface area contributed by atoms with Crippen molar-refractivity contribution in [1.29, 1.82) is 0 Å². The van der Waals surface area contributed by atoms with Crippen molar-refractivity contribution in [3.63, 3.8) is 0 Å². The zero-order valence-electron chi connectivity index (χ0n) is 10.8. The fourth-order valence-electron chi connectivity index (χ4n) is 2.22. The molecule has 0 radical (unpaired) electrons. The second kappa shape index (κ2) is 4.82. The molecule has 0 aliphatic carbocycles. The van der Waals surface area contributed by atoms with E-state index in [9.17, 15) is 9.90 Å². The van der Waals surface area contributed by atoms with E-state index >= 15 is 0 Å². The first kappa shape index (κ1) is 12.6. The lowest BCUT2D eigenvalue weighted by molar-refractivity contribution is -0.151. The lowest BCUT2D eigenvalue weighted by atomic mass is 10.2. The Morgan fingerprint density at radius 2 is 2.00 bits per heavy atom. The normalized spacial score (nSPS) is 12.9. The van der Waals surface area contributed by atoms with E-state index in [4.69, 9.17) is 0 Å². The second-order valence-corrected chi connectivity index (χ2v) is 4.52. The van der Waals surface area contributed by atoms with Crippen LogP contribution in [0.2, 0.25) is 0 Å². The Bertz CT molecular complexity index is 571. The van der Waals surface area contributed by atoms with Gasteiger partial charge in [-0.2, -0.15) is 0 Å². The molecule has 0 saturated carbocycles. The summed E-state index contributed by atoms with van der Waals surface area (Å²) in [5.74, 6) is -0.639. The number of hydrogen-bond acceptors (Lipinski definition) is 3. The van der Waals surface area contributed by atoms with Crippen LogP contribution in [0.5, 0.6) is 0 Å². The van der Waals surface area contributed by atoms with Crippen LogP contribution in [0.3, 0.4) is 0 Å². The fraction of sp³-hybridized carbons (Fsp3) is 0.357. The van der Waals surface area contributed by atoms with E-state index < -0.39 is 12.1 Å². The van der Waals surface area contributed by atoms with Gasteiger partial charge in [-0.15, -0.1) is 0 Å². The van der Waals surface area contributed by atoms with Crippen molar-refractivity contribution < 1.29 is 14.6 Å². The number of esters is 1. The van der Waals surface area contributed by atoms with Crippen molar-refractivity contribution in [3.8, 4) is 0 Å². The lowest BCUT2D eigenvalue weighted by Gasteiger charge is -2.17. The minimum absolute atomic E-state index is 0.152. The molecular formula is C14H17NO3. The van der Waals surface area contributed by atoms with Gasteiger partial charge in [0.1, 0.15) is 0 Å². The highest BCUT2D eigenvalue weighted by Crippen LogP contribution is 2.28. The average Bonchev–Trinajstić information content (AvgIpc) is 2.76. The van der Waals surface area contributed by atoms with Crippen LogP contribution in [-0.2, 0) is 9.53 Å². The molecule has 1 unspecified atom stereocenters. The molecule has 0 amide bonds. The van der Waals surface area contributed by atoms with E-state index in [1.807, 2.05) is 48.7 Å². The van der Waals surface area contributed by atoms with Gasteiger partial charge in [0.2, 0.25) is 0 Å². The van der Waals surface area contributed by atoms with E-state index in [1.54, 1.807) is 0 Å². The number of hydrogen-bond donors (Lipinski definition) is 1. The quantitative estimate of drug-likeness (QED) is 0.847. The molecular weight excluding hydrogens is 230 g/mol. The monoisotopic (exact) mass is 247 g/mol. The van der Waals surface area contributed by atoms with Crippen LogP contribution in [0.1, 0.15) is 31.7 Å². The molecule has 1 N–H and O–H groups in total. The van der Waals surface area contributed by atoms with Crippen LogP contribution in [0.15, 0.2) is 30.3 Å². The summed E-state index contributed by atoms with van der Waals surface area (Å²) < 4.78 is 6.55. The molecule has 96 valence electrons. The van der Waals surface area contributed by atoms with Crippen molar-refractivity contribution in [2.24, 2.45) is 0 Å². The maximum atomic E-state index is 11.5. The molecule has 4 nitrogen and oxygen atoms in total. The topological polar surface area (TPSA) is 51.5 Å². The van der Waals surface area contributed by atoms with Crippen molar-refractivity contribution >= 4 is 16.9 Å². The highest BCUT2D eigenvalue weighted by Gasteiger charge is 2.24. The number of aliphatic hydroxyl groups excluding tert-OH is 1. The van der Waals surface area contributed by atoms with Gasteiger partial charge in [0.15, 0.2) is 6.10 Å². The molecule has 0 aliphatic heterocycles. The van der Waals surface area contributed by atoms with Gasteiger partial charge < -0.3 is 14.4 Å². The number of methoxy groups -OCH3 is 1. The Kier molecular flexibility index (Phi) is 3.39. The van der Waals surface area contributed by atoms with Crippen LogP contribution in [0, 0.1) is 0 Å². The summed E-state index contributed by atoms with van der Waals surface area (Å²) in [5.41, 5.74) is 1.57. The number of rotatable bonds is 3. The molecule has 0 aliphatic rings. The van der Waals surface area contributed by atoms with Crippen LogP contribution in [0.25, 0.3) is 10.9 Å². The maximum absolute atomic E-state index is 11.5. The highest BCUT2D eigenvalue weighted by molar-refractivity contribution is 5.84. The number of aromatic nitrogens is 1. The van der Waals surface area contributed by atoms with Crippen LogP contribution >= 0.6 is 0 Å². The lowest BCUT2D eigenvalue weighted by Crippen LogP contribution is -2.18. The molecule has 0 spiro atoms. The molecule has 2 rings (SSSR count). The zero-order valence-corrected chi connectivity index (χ0v) is 10.8. The summed E-state index contributed by atoms with van der Waals surface area (Å²) in [5, 5.41) is 11.0. The summed E-state index contributed by atoms with van der Waals surface area (Å²) >= 11 is 0. The molecule has 1 heterocycles. The third-order valence-corrected chi connectivity index (χ3v) is 3.00. The fourth-order valence-corrected chi connectivity index (χ4v) is 2.22. The minimum Gasteiger partial charge on any atom is -0.467 e. The number of fused-ring (bicyclic) bond motifs is 1. The number of benzene rings is 1. The standard InChI is InChI=1S/C14H17NO3/c1-9(2)15-11-7-5-4-6-10(11)8-12(15)13(16)14(17)18-3/h4-9,13,16H,1-3H3. The summed E-state index contributed by atoms with van der Waals surface area (Å²) in [6, 6.07) is 9.79. The third-order valence-electron chi connectivity index (χ3n) is 3.00.